The van der Waals surface area contributed by atoms with Gasteiger partial charge in [0.1, 0.15) is 0 Å². The van der Waals surface area contributed by atoms with Crippen molar-refractivity contribution in [3.8, 4) is 0 Å². The van der Waals surface area contributed by atoms with Gasteiger partial charge in [0, 0.05) is 22.0 Å². The molecule has 0 saturated heterocycles. The molecule has 0 saturated carbocycles. The SMILES string of the molecule is O=C(CC(C(=O)c1ccccc1)c1ccccc1Br)c1ccccc1. The second kappa shape index (κ2) is 8.04. The number of hydrogen-bond donors (Lipinski definition) is 0. The predicted molar refractivity (Wildman–Crippen MR) is 103 cm³/mol. The first-order valence-corrected chi connectivity index (χ1v) is 8.88. The number of rotatable bonds is 6. The fraction of sp³-hybridized carbons (Fsp3) is 0.0909. The third kappa shape index (κ3) is 4.12. The van der Waals surface area contributed by atoms with E-state index in [0.717, 1.165) is 10.0 Å². The molecular weight excluding hydrogens is 376 g/mol. The fourth-order valence-electron chi connectivity index (χ4n) is 2.83. The number of ketones is 2. The van der Waals surface area contributed by atoms with Crippen LogP contribution in [0, 0.1) is 0 Å². The van der Waals surface area contributed by atoms with Gasteiger partial charge in [-0.05, 0) is 11.6 Å². The number of hydrogen-bond acceptors (Lipinski definition) is 2. The van der Waals surface area contributed by atoms with Crippen LogP contribution in [0.15, 0.2) is 89.4 Å². The first-order valence-electron chi connectivity index (χ1n) is 8.09. The van der Waals surface area contributed by atoms with E-state index in [1.807, 2.05) is 60.7 Å². The smallest absolute Gasteiger partial charge is 0.170 e. The minimum atomic E-state index is -0.523. The van der Waals surface area contributed by atoms with E-state index in [-0.39, 0.29) is 18.0 Å². The molecule has 3 aromatic rings. The molecule has 0 aliphatic carbocycles. The first kappa shape index (κ1) is 17.3. The molecule has 0 aliphatic heterocycles. The van der Waals surface area contributed by atoms with Gasteiger partial charge in [0.2, 0.25) is 0 Å². The Morgan fingerprint density at radius 1 is 0.720 bits per heavy atom. The summed E-state index contributed by atoms with van der Waals surface area (Å²) in [6, 6.07) is 25.8. The van der Waals surface area contributed by atoms with E-state index in [2.05, 4.69) is 15.9 Å². The van der Waals surface area contributed by atoms with Crippen molar-refractivity contribution >= 4 is 27.5 Å². The zero-order valence-electron chi connectivity index (χ0n) is 13.6. The molecule has 0 aromatic heterocycles. The molecule has 0 bridgehead atoms. The van der Waals surface area contributed by atoms with Crippen LogP contribution in [0.25, 0.3) is 0 Å². The quantitative estimate of drug-likeness (QED) is 0.505. The molecule has 0 spiro atoms. The lowest BCUT2D eigenvalue weighted by atomic mass is 9.85. The Labute approximate surface area is 155 Å². The average Bonchev–Trinajstić information content (AvgIpc) is 2.67. The molecule has 3 aromatic carbocycles. The molecule has 1 unspecified atom stereocenters. The van der Waals surface area contributed by atoms with Crippen LogP contribution < -0.4 is 0 Å². The predicted octanol–water partition coefficient (Wildman–Crippen LogP) is 5.69. The molecule has 0 radical (unpaired) electrons. The van der Waals surface area contributed by atoms with Gasteiger partial charge in [-0.2, -0.15) is 0 Å². The molecule has 124 valence electrons. The van der Waals surface area contributed by atoms with Gasteiger partial charge in [0.15, 0.2) is 11.6 Å². The standard InChI is InChI=1S/C22H17BrO2/c23-20-14-8-7-13-18(20)19(22(25)17-11-5-2-6-12-17)15-21(24)16-9-3-1-4-10-16/h1-14,19H,15H2. The van der Waals surface area contributed by atoms with Crippen molar-refractivity contribution < 1.29 is 9.59 Å². The van der Waals surface area contributed by atoms with E-state index in [1.54, 1.807) is 24.3 Å². The third-order valence-corrected chi connectivity index (χ3v) is 4.86. The van der Waals surface area contributed by atoms with Crippen molar-refractivity contribution in [1.82, 2.24) is 0 Å². The average molecular weight is 393 g/mol. The minimum Gasteiger partial charge on any atom is -0.294 e. The van der Waals surface area contributed by atoms with Crippen LogP contribution in [-0.4, -0.2) is 11.6 Å². The summed E-state index contributed by atoms with van der Waals surface area (Å²) in [7, 11) is 0. The zero-order chi connectivity index (χ0) is 17.6. The van der Waals surface area contributed by atoms with Crippen LogP contribution >= 0.6 is 15.9 Å². The van der Waals surface area contributed by atoms with Crippen LogP contribution in [0.2, 0.25) is 0 Å². The van der Waals surface area contributed by atoms with E-state index >= 15 is 0 Å². The largest absolute Gasteiger partial charge is 0.294 e. The fourth-order valence-corrected chi connectivity index (χ4v) is 3.39. The van der Waals surface area contributed by atoms with Gasteiger partial charge >= 0.3 is 0 Å². The van der Waals surface area contributed by atoms with Crippen LogP contribution in [0.4, 0.5) is 0 Å². The minimum absolute atomic E-state index is 0.0364. The maximum absolute atomic E-state index is 13.1. The van der Waals surface area contributed by atoms with Gasteiger partial charge < -0.3 is 0 Å². The lowest BCUT2D eigenvalue weighted by Crippen LogP contribution is -2.18. The van der Waals surface area contributed by atoms with Crippen molar-refractivity contribution in [2.45, 2.75) is 12.3 Å². The Bertz CT molecular complexity index is 873. The van der Waals surface area contributed by atoms with E-state index in [4.69, 9.17) is 0 Å². The molecule has 1 atom stereocenters. The summed E-state index contributed by atoms with van der Waals surface area (Å²) in [5.41, 5.74) is 2.07. The summed E-state index contributed by atoms with van der Waals surface area (Å²) in [5.74, 6) is -0.604. The monoisotopic (exact) mass is 392 g/mol. The summed E-state index contributed by atoms with van der Waals surface area (Å²) in [6.45, 7) is 0. The maximum atomic E-state index is 13.1. The summed E-state index contributed by atoms with van der Waals surface area (Å²) >= 11 is 3.52. The summed E-state index contributed by atoms with van der Waals surface area (Å²) in [5, 5.41) is 0. The molecule has 0 aliphatic rings. The molecule has 2 nitrogen and oxygen atoms in total. The van der Waals surface area contributed by atoms with Crippen molar-refractivity contribution in [2.24, 2.45) is 0 Å². The molecule has 0 fully saturated rings. The van der Waals surface area contributed by atoms with Gasteiger partial charge in [-0.25, -0.2) is 0 Å². The van der Waals surface area contributed by atoms with Crippen molar-refractivity contribution in [3.05, 3.63) is 106 Å². The normalized spacial score (nSPS) is 11.7. The molecule has 0 heterocycles. The molecule has 0 amide bonds. The number of carbonyl (C=O) groups is 2. The number of benzene rings is 3. The second-order valence-electron chi connectivity index (χ2n) is 5.80. The van der Waals surface area contributed by atoms with Crippen molar-refractivity contribution in [2.75, 3.05) is 0 Å². The second-order valence-corrected chi connectivity index (χ2v) is 6.65. The van der Waals surface area contributed by atoms with Gasteiger partial charge in [-0.15, -0.1) is 0 Å². The number of halogens is 1. The van der Waals surface area contributed by atoms with E-state index in [9.17, 15) is 9.59 Å². The van der Waals surface area contributed by atoms with Crippen LogP contribution in [0.5, 0.6) is 0 Å². The summed E-state index contributed by atoms with van der Waals surface area (Å²) < 4.78 is 0.838. The van der Waals surface area contributed by atoms with Crippen LogP contribution in [0.3, 0.4) is 0 Å². The summed E-state index contributed by atoms with van der Waals surface area (Å²) in [4.78, 5) is 25.8. The molecular formula is C22H17BrO2. The summed E-state index contributed by atoms with van der Waals surface area (Å²) in [6.07, 6.45) is 0.139. The maximum Gasteiger partial charge on any atom is 0.170 e. The van der Waals surface area contributed by atoms with E-state index in [0.29, 0.717) is 11.1 Å². The first-order chi connectivity index (χ1) is 12.2. The third-order valence-electron chi connectivity index (χ3n) is 4.14. The van der Waals surface area contributed by atoms with Crippen molar-refractivity contribution in [3.63, 3.8) is 0 Å². The Kier molecular flexibility index (Phi) is 5.56. The van der Waals surface area contributed by atoms with Crippen LogP contribution in [0.1, 0.15) is 38.6 Å². The van der Waals surface area contributed by atoms with E-state index in [1.165, 1.54) is 0 Å². The lowest BCUT2D eigenvalue weighted by Gasteiger charge is -2.17. The molecule has 25 heavy (non-hydrogen) atoms. The molecule has 0 N–H and O–H groups in total. The molecule has 3 heteroatoms. The Balaban J connectivity index is 1.96. The van der Waals surface area contributed by atoms with Crippen molar-refractivity contribution in [1.29, 1.82) is 0 Å². The van der Waals surface area contributed by atoms with Gasteiger partial charge in [0.05, 0.1) is 5.92 Å². The van der Waals surface area contributed by atoms with Gasteiger partial charge in [0.25, 0.3) is 0 Å². The molecule has 3 rings (SSSR count). The highest BCUT2D eigenvalue weighted by Crippen LogP contribution is 2.31. The number of Topliss-reactive ketones (excluding diaryl/α,β-unsaturated/α-hetero) is 2. The zero-order valence-corrected chi connectivity index (χ0v) is 15.1. The van der Waals surface area contributed by atoms with Gasteiger partial charge in [-0.3, -0.25) is 9.59 Å². The lowest BCUT2D eigenvalue weighted by molar-refractivity contribution is 0.0893. The van der Waals surface area contributed by atoms with Gasteiger partial charge in [-0.1, -0.05) is 94.8 Å². The Morgan fingerprint density at radius 3 is 1.84 bits per heavy atom. The Morgan fingerprint density at radius 2 is 1.24 bits per heavy atom. The highest BCUT2D eigenvalue weighted by molar-refractivity contribution is 9.10. The van der Waals surface area contributed by atoms with Crippen LogP contribution in [-0.2, 0) is 0 Å². The highest BCUT2D eigenvalue weighted by Gasteiger charge is 2.26. The Hall–Kier alpha value is -2.52. The topological polar surface area (TPSA) is 34.1 Å². The highest BCUT2D eigenvalue weighted by atomic mass is 79.9. The number of carbonyl (C=O) groups excluding carboxylic acids is 2. The van der Waals surface area contributed by atoms with E-state index < -0.39 is 5.92 Å².